The standard InChI is InChI=1S/C15H15NO6S2/c1-7-4-5-23-10(7)15(19)22-6-8-9(13(17)20-2)12(16)24-11(8)14(18)21-3/h4-5H,6,16H2,1-3H3. The number of carbonyl (C=O) groups excluding carboxylic acids is 3. The Morgan fingerprint density at radius 1 is 1.08 bits per heavy atom. The summed E-state index contributed by atoms with van der Waals surface area (Å²) in [4.78, 5) is 36.5. The lowest BCUT2D eigenvalue weighted by Gasteiger charge is -2.07. The van der Waals surface area contributed by atoms with E-state index in [1.807, 2.05) is 0 Å². The first-order valence-electron chi connectivity index (χ1n) is 6.69. The average Bonchev–Trinajstić information content (AvgIpc) is 3.14. The monoisotopic (exact) mass is 369 g/mol. The van der Waals surface area contributed by atoms with Gasteiger partial charge in [-0.05, 0) is 23.9 Å². The van der Waals surface area contributed by atoms with Crippen LogP contribution in [0.5, 0.6) is 0 Å². The summed E-state index contributed by atoms with van der Waals surface area (Å²) in [6.45, 7) is 1.49. The topological polar surface area (TPSA) is 105 Å². The minimum Gasteiger partial charge on any atom is -0.465 e. The molecule has 0 radical (unpaired) electrons. The van der Waals surface area contributed by atoms with Gasteiger partial charge in [0, 0.05) is 5.56 Å². The van der Waals surface area contributed by atoms with Crippen LogP contribution in [-0.4, -0.2) is 32.1 Å². The minimum absolute atomic E-state index is 0.0126. The lowest BCUT2D eigenvalue weighted by molar-refractivity contribution is 0.0457. The van der Waals surface area contributed by atoms with Gasteiger partial charge in [-0.2, -0.15) is 0 Å². The van der Waals surface area contributed by atoms with Gasteiger partial charge in [-0.3, -0.25) is 0 Å². The smallest absolute Gasteiger partial charge is 0.348 e. The van der Waals surface area contributed by atoms with Crippen LogP contribution in [-0.2, 0) is 20.8 Å². The Kier molecular flexibility index (Phi) is 5.58. The number of aryl methyl sites for hydroxylation is 1. The molecule has 9 heteroatoms. The van der Waals surface area contributed by atoms with Crippen LogP contribution in [0.3, 0.4) is 0 Å². The zero-order valence-corrected chi connectivity index (χ0v) is 14.8. The van der Waals surface area contributed by atoms with Crippen molar-refractivity contribution in [3.05, 3.63) is 37.9 Å². The number of hydrogen-bond donors (Lipinski definition) is 1. The number of ether oxygens (including phenoxy) is 3. The number of carbonyl (C=O) groups is 3. The van der Waals surface area contributed by atoms with E-state index in [9.17, 15) is 14.4 Å². The van der Waals surface area contributed by atoms with Gasteiger partial charge in [0.2, 0.25) is 0 Å². The Bertz CT molecular complexity index is 792. The maximum atomic E-state index is 12.1. The summed E-state index contributed by atoms with van der Waals surface area (Å²) in [7, 11) is 2.41. The number of rotatable bonds is 5. The maximum Gasteiger partial charge on any atom is 0.348 e. The normalized spacial score (nSPS) is 10.3. The minimum atomic E-state index is -0.711. The Labute approximate surface area is 145 Å². The first-order valence-corrected chi connectivity index (χ1v) is 8.39. The average molecular weight is 369 g/mol. The predicted molar refractivity (Wildman–Crippen MR) is 89.6 cm³/mol. The van der Waals surface area contributed by atoms with Crippen molar-refractivity contribution in [1.82, 2.24) is 0 Å². The van der Waals surface area contributed by atoms with Crippen molar-refractivity contribution in [3.63, 3.8) is 0 Å². The summed E-state index contributed by atoms with van der Waals surface area (Å²) in [5, 5.41) is 1.87. The summed E-state index contributed by atoms with van der Waals surface area (Å²) >= 11 is 2.13. The first-order chi connectivity index (χ1) is 11.4. The van der Waals surface area contributed by atoms with Crippen molar-refractivity contribution in [2.24, 2.45) is 0 Å². The molecule has 0 saturated carbocycles. The van der Waals surface area contributed by atoms with Crippen LogP contribution in [0.25, 0.3) is 0 Å². The summed E-state index contributed by atoms with van der Waals surface area (Å²) in [5.74, 6) is -1.92. The second kappa shape index (κ2) is 7.45. The third kappa shape index (κ3) is 3.41. The molecular weight excluding hydrogens is 354 g/mol. The van der Waals surface area contributed by atoms with E-state index in [0.717, 1.165) is 16.9 Å². The Hall–Kier alpha value is -2.39. The van der Waals surface area contributed by atoms with Gasteiger partial charge in [-0.25, -0.2) is 14.4 Å². The number of hydrogen-bond acceptors (Lipinski definition) is 9. The predicted octanol–water partition coefficient (Wildman–Crippen LogP) is 2.63. The van der Waals surface area contributed by atoms with Gasteiger partial charge in [0.25, 0.3) is 0 Å². The molecule has 0 atom stereocenters. The van der Waals surface area contributed by atoms with Gasteiger partial charge in [0.05, 0.1) is 14.2 Å². The summed E-state index contributed by atoms with van der Waals surface area (Å²) in [6.07, 6.45) is 0. The molecule has 0 aliphatic heterocycles. The number of methoxy groups -OCH3 is 2. The SMILES string of the molecule is COC(=O)c1sc(N)c(C(=O)OC)c1COC(=O)c1sccc1C. The lowest BCUT2D eigenvalue weighted by atomic mass is 10.1. The van der Waals surface area contributed by atoms with Gasteiger partial charge in [0.1, 0.15) is 26.9 Å². The number of thiophene rings is 2. The van der Waals surface area contributed by atoms with E-state index in [1.54, 1.807) is 18.4 Å². The Morgan fingerprint density at radius 2 is 1.75 bits per heavy atom. The summed E-state index contributed by atoms with van der Waals surface area (Å²) in [6, 6.07) is 1.80. The van der Waals surface area contributed by atoms with E-state index in [0.29, 0.717) is 4.88 Å². The van der Waals surface area contributed by atoms with Crippen LogP contribution in [0.1, 0.15) is 40.8 Å². The van der Waals surface area contributed by atoms with Gasteiger partial charge < -0.3 is 19.9 Å². The van der Waals surface area contributed by atoms with E-state index in [-0.39, 0.29) is 27.6 Å². The van der Waals surface area contributed by atoms with E-state index in [2.05, 4.69) is 9.47 Å². The van der Waals surface area contributed by atoms with Gasteiger partial charge in [0.15, 0.2) is 0 Å². The molecular formula is C15H15NO6S2. The molecule has 7 nitrogen and oxygen atoms in total. The molecule has 0 unspecified atom stereocenters. The van der Waals surface area contributed by atoms with E-state index >= 15 is 0 Å². The molecule has 0 aliphatic carbocycles. The third-order valence-electron chi connectivity index (χ3n) is 3.19. The highest BCUT2D eigenvalue weighted by atomic mass is 32.1. The third-order valence-corrected chi connectivity index (χ3v) is 5.23. The van der Waals surface area contributed by atoms with Gasteiger partial charge >= 0.3 is 17.9 Å². The van der Waals surface area contributed by atoms with Crippen LogP contribution in [0, 0.1) is 6.92 Å². The molecule has 2 heterocycles. The van der Waals surface area contributed by atoms with Crippen LogP contribution >= 0.6 is 22.7 Å². The number of esters is 3. The molecule has 0 bridgehead atoms. The number of nitrogens with two attached hydrogens (primary N) is 1. The molecule has 2 aromatic rings. The number of nitrogen functional groups attached to an aromatic ring is 1. The Balaban J connectivity index is 2.33. The van der Waals surface area contributed by atoms with Crippen molar-refractivity contribution in [2.45, 2.75) is 13.5 Å². The van der Waals surface area contributed by atoms with Crippen LogP contribution in [0.4, 0.5) is 5.00 Å². The molecule has 2 N–H and O–H groups in total. The number of anilines is 1. The molecule has 0 spiro atoms. The van der Waals surface area contributed by atoms with Crippen LogP contribution < -0.4 is 5.73 Å². The molecule has 2 aromatic heterocycles. The van der Waals surface area contributed by atoms with E-state index < -0.39 is 17.9 Å². The fourth-order valence-corrected chi connectivity index (χ4v) is 3.79. The second-order valence-electron chi connectivity index (χ2n) is 4.64. The molecule has 0 aliphatic rings. The van der Waals surface area contributed by atoms with Crippen molar-refractivity contribution >= 4 is 45.6 Å². The van der Waals surface area contributed by atoms with Crippen molar-refractivity contribution in [1.29, 1.82) is 0 Å². The second-order valence-corrected chi connectivity index (χ2v) is 6.61. The fourth-order valence-electron chi connectivity index (χ4n) is 1.99. The molecule has 0 amide bonds. The lowest BCUT2D eigenvalue weighted by Crippen LogP contribution is -2.12. The zero-order valence-electron chi connectivity index (χ0n) is 13.2. The molecule has 0 fully saturated rings. The molecule has 128 valence electrons. The highest BCUT2D eigenvalue weighted by Crippen LogP contribution is 2.33. The Morgan fingerprint density at radius 3 is 2.29 bits per heavy atom. The van der Waals surface area contributed by atoms with Crippen LogP contribution in [0.15, 0.2) is 11.4 Å². The highest BCUT2D eigenvalue weighted by molar-refractivity contribution is 7.18. The van der Waals surface area contributed by atoms with Crippen molar-refractivity contribution in [2.75, 3.05) is 20.0 Å². The van der Waals surface area contributed by atoms with Gasteiger partial charge in [-0.15, -0.1) is 22.7 Å². The molecule has 24 heavy (non-hydrogen) atoms. The zero-order chi connectivity index (χ0) is 17.9. The van der Waals surface area contributed by atoms with Crippen molar-refractivity contribution in [3.8, 4) is 0 Å². The van der Waals surface area contributed by atoms with E-state index in [4.69, 9.17) is 10.5 Å². The summed E-state index contributed by atoms with van der Waals surface area (Å²) < 4.78 is 14.6. The van der Waals surface area contributed by atoms with Crippen molar-refractivity contribution < 1.29 is 28.6 Å². The molecule has 2 rings (SSSR count). The van der Waals surface area contributed by atoms with Crippen LogP contribution in [0.2, 0.25) is 0 Å². The fraction of sp³-hybridized carbons (Fsp3) is 0.267. The molecule has 0 saturated heterocycles. The van der Waals surface area contributed by atoms with Gasteiger partial charge in [-0.1, -0.05) is 0 Å². The molecule has 0 aromatic carbocycles. The summed E-state index contributed by atoms with van der Waals surface area (Å²) in [5.41, 5.74) is 6.79. The quantitative estimate of drug-likeness (QED) is 0.638. The first kappa shape index (κ1) is 18.0. The maximum absolute atomic E-state index is 12.1. The highest BCUT2D eigenvalue weighted by Gasteiger charge is 2.28. The van der Waals surface area contributed by atoms with E-state index in [1.165, 1.54) is 25.6 Å². The largest absolute Gasteiger partial charge is 0.465 e.